The van der Waals surface area contributed by atoms with Crippen molar-refractivity contribution in [1.82, 2.24) is 24.5 Å². The average molecular weight is 299 g/mol. The van der Waals surface area contributed by atoms with Gasteiger partial charge < -0.3 is 0 Å². The summed E-state index contributed by atoms with van der Waals surface area (Å²) in [4.78, 5) is 4.30. The van der Waals surface area contributed by atoms with Crippen LogP contribution in [-0.2, 0) is 13.1 Å². The van der Waals surface area contributed by atoms with Gasteiger partial charge in [-0.15, -0.1) is 0 Å². The van der Waals surface area contributed by atoms with Crippen molar-refractivity contribution in [3.63, 3.8) is 0 Å². The van der Waals surface area contributed by atoms with E-state index in [0.29, 0.717) is 12.5 Å². The van der Waals surface area contributed by atoms with E-state index in [1.165, 1.54) is 12.1 Å². The maximum Gasteiger partial charge on any atom is 0.148 e. The van der Waals surface area contributed by atoms with Gasteiger partial charge in [-0.2, -0.15) is 10.2 Å². The Balaban J connectivity index is 1.77. The number of halogens is 1. The number of nitrogens with zero attached hydrogens (tertiary/aromatic N) is 5. The third-order valence-electron chi connectivity index (χ3n) is 3.35. The second kappa shape index (κ2) is 6.09. The fourth-order valence-corrected chi connectivity index (χ4v) is 2.30. The topological polar surface area (TPSA) is 48.5 Å². The van der Waals surface area contributed by atoms with Crippen LogP contribution in [0.1, 0.15) is 19.7 Å². The number of benzene rings is 1. The maximum atomic E-state index is 13.0. The quantitative estimate of drug-likeness (QED) is 0.727. The molecule has 0 unspecified atom stereocenters. The highest BCUT2D eigenvalue weighted by Gasteiger charge is 2.08. The largest absolute Gasteiger partial charge is 0.264 e. The third-order valence-corrected chi connectivity index (χ3v) is 3.35. The standard InChI is InChI=1S/C16H18FN5/c1-12(2)8-22-16(18-11-20-22)10-21-9-14(7-19-21)13-3-5-15(17)6-4-13/h3-7,9,11-12H,8,10H2,1-2H3. The van der Waals surface area contributed by atoms with Crippen molar-refractivity contribution in [2.24, 2.45) is 5.92 Å². The molecule has 0 radical (unpaired) electrons. The number of rotatable bonds is 5. The summed E-state index contributed by atoms with van der Waals surface area (Å²) in [5.41, 5.74) is 1.89. The van der Waals surface area contributed by atoms with E-state index in [1.807, 2.05) is 15.6 Å². The van der Waals surface area contributed by atoms with E-state index >= 15 is 0 Å². The van der Waals surface area contributed by atoms with Gasteiger partial charge in [-0.1, -0.05) is 26.0 Å². The van der Waals surface area contributed by atoms with E-state index in [4.69, 9.17) is 0 Å². The minimum absolute atomic E-state index is 0.238. The van der Waals surface area contributed by atoms with Crippen LogP contribution in [0.2, 0.25) is 0 Å². The Morgan fingerprint density at radius 1 is 1.09 bits per heavy atom. The Bertz CT molecular complexity index is 742. The molecule has 5 nitrogen and oxygen atoms in total. The summed E-state index contributed by atoms with van der Waals surface area (Å²) < 4.78 is 16.7. The minimum Gasteiger partial charge on any atom is -0.264 e. The molecule has 2 aromatic heterocycles. The second-order valence-corrected chi connectivity index (χ2v) is 5.69. The summed E-state index contributed by atoms with van der Waals surface area (Å²) in [6.45, 7) is 5.69. The van der Waals surface area contributed by atoms with Crippen LogP contribution in [0.3, 0.4) is 0 Å². The molecule has 0 saturated heterocycles. The highest BCUT2D eigenvalue weighted by atomic mass is 19.1. The van der Waals surface area contributed by atoms with Gasteiger partial charge in [-0.3, -0.25) is 4.68 Å². The minimum atomic E-state index is -0.238. The Morgan fingerprint density at radius 2 is 1.86 bits per heavy atom. The lowest BCUT2D eigenvalue weighted by molar-refractivity contribution is 0.456. The number of aromatic nitrogens is 5. The molecule has 0 fully saturated rings. The van der Waals surface area contributed by atoms with Crippen LogP contribution in [0.4, 0.5) is 4.39 Å². The van der Waals surface area contributed by atoms with Crippen LogP contribution in [0.5, 0.6) is 0 Å². The second-order valence-electron chi connectivity index (χ2n) is 5.69. The maximum absolute atomic E-state index is 13.0. The highest BCUT2D eigenvalue weighted by Crippen LogP contribution is 2.19. The summed E-state index contributed by atoms with van der Waals surface area (Å²) in [7, 11) is 0. The molecule has 0 amide bonds. The van der Waals surface area contributed by atoms with E-state index in [9.17, 15) is 4.39 Å². The lowest BCUT2D eigenvalue weighted by Gasteiger charge is -2.08. The van der Waals surface area contributed by atoms with Crippen LogP contribution in [-0.4, -0.2) is 24.5 Å². The van der Waals surface area contributed by atoms with E-state index < -0.39 is 0 Å². The molecular formula is C16H18FN5. The summed E-state index contributed by atoms with van der Waals surface area (Å²) in [5, 5.41) is 8.60. The SMILES string of the molecule is CC(C)Cn1ncnc1Cn1cc(-c2ccc(F)cc2)cn1. The predicted molar refractivity (Wildman–Crippen MR) is 81.6 cm³/mol. The van der Waals surface area contributed by atoms with Gasteiger partial charge in [-0.05, 0) is 23.6 Å². The molecule has 0 saturated carbocycles. The van der Waals surface area contributed by atoms with E-state index in [1.54, 1.807) is 24.7 Å². The highest BCUT2D eigenvalue weighted by molar-refractivity contribution is 5.61. The monoisotopic (exact) mass is 299 g/mol. The molecule has 0 aliphatic carbocycles. The Kier molecular flexibility index (Phi) is 4.00. The van der Waals surface area contributed by atoms with Crippen molar-refractivity contribution in [1.29, 1.82) is 0 Å². The molecule has 0 spiro atoms. The third kappa shape index (κ3) is 3.21. The molecule has 2 heterocycles. The Morgan fingerprint density at radius 3 is 2.59 bits per heavy atom. The summed E-state index contributed by atoms with van der Waals surface area (Å²) >= 11 is 0. The first-order valence-corrected chi connectivity index (χ1v) is 7.27. The normalized spacial score (nSPS) is 11.3. The Labute approximate surface area is 128 Å². The van der Waals surface area contributed by atoms with Gasteiger partial charge in [0.15, 0.2) is 0 Å². The molecule has 0 atom stereocenters. The molecule has 0 aliphatic rings. The number of hydrogen-bond donors (Lipinski definition) is 0. The molecule has 114 valence electrons. The van der Waals surface area contributed by atoms with E-state index in [-0.39, 0.29) is 5.82 Å². The molecule has 3 rings (SSSR count). The van der Waals surface area contributed by atoms with Crippen LogP contribution >= 0.6 is 0 Å². The van der Waals surface area contributed by atoms with Gasteiger partial charge in [0.1, 0.15) is 24.5 Å². The zero-order chi connectivity index (χ0) is 15.5. The van der Waals surface area contributed by atoms with Crippen LogP contribution in [0, 0.1) is 11.7 Å². The van der Waals surface area contributed by atoms with Gasteiger partial charge in [-0.25, -0.2) is 14.1 Å². The van der Waals surface area contributed by atoms with Gasteiger partial charge in [0.2, 0.25) is 0 Å². The first-order chi connectivity index (χ1) is 10.6. The van der Waals surface area contributed by atoms with E-state index in [0.717, 1.165) is 23.5 Å². The lowest BCUT2D eigenvalue weighted by atomic mass is 10.1. The van der Waals surface area contributed by atoms with Crippen molar-refractivity contribution in [3.8, 4) is 11.1 Å². The molecule has 6 heteroatoms. The van der Waals surface area contributed by atoms with Gasteiger partial charge in [0.05, 0.1) is 6.20 Å². The fraction of sp³-hybridized carbons (Fsp3) is 0.312. The summed E-state index contributed by atoms with van der Waals surface area (Å²) in [6, 6.07) is 6.40. The van der Waals surface area contributed by atoms with Crippen molar-refractivity contribution < 1.29 is 4.39 Å². The lowest BCUT2D eigenvalue weighted by Crippen LogP contribution is -2.13. The van der Waals surface area contributed by atoms with Crippen LogP contribution in [0.15, 0.2) is 43.0 Å². The predicted octanol–water partition coefficient (Wildman–Crippen LogP) is 2.99. The zero-order valence-electron chi connectivity index (χ0n) is 12.6. The summed E-state index contributed by atoms with van der Waals surface area (Å²) in [5.74, 6) is 1.15. The van der Waals surface area contributed by atoms with Crippen LogP contribution < -0.4 is 0 Å². The summed E-state index contributed by atoms with van der Waals surface area (Å²) in [6.07, 6.45) is 5.28. The van der Waals surface area contributed by atoms with Crippen LogP contribution in [0.25, 0.3) is 11.1 Å². The van der Waals surface area contributed by atoms with E-state index in [2.05, 4.69) is 29.0 Å². The average Bonchev–Trinajstić information content (AvgIpc) is 3.10. The van der Waals surface area contributed by atoms with Crippen molar-refractivity contribution in [2.45, 2.75) is 26.9 Å². The molecule has 22 heavy (non-hydrogen) atoms. The zero-order valence-corrected chi connectivity index (χ0v) is 12.6. The molecule has 0 aliphatic heterocycles. The smallest absolute Gasteiger partial charge is 0.148 e. The molecule has 0 N–H and O–H groups in total. The Hall–Kier alpha value is -2.50. The first-order valence-electron chi connectivity index (χ1n) is 7.27. The van der Waals surface area contributed by atoms with Crippen molar-refractivity contribution in [3.05, 3.63) is 54.6 Å². The van der Waals surface area contributed by atoms with Gasteiger partial charge in [0, 0.05) is 18.3 Å². The molecule has 0 bridgehead atoms. The van der Waals surface area contributed by atoms with Gasteiger partial charge in [0.25, 0.3) is 0 Å². The van der Waals surface area contributed by atoms with Crippen molar-refractivity contribution in [2.75, 3.05) is 0 Å². The molecular weight excluding hydrogens is 281 g/mol. The fourth-order valence-electron chi connectivity index (χ4n) is 2.30. The molecule has 1 aromatic carbocycles. The van der Waals surface area contributed by atoms with Gasteiger partial charge >= 0.3 is 0 Å². The number of hydrogen-bond acceptors (Lipinski definition) is 3. The molecule has 3 aromatic rings. The first kappa shape index (κ1) is 14.4. The van der Waals surface area contributed by atoms with Crippen molar-refractivity contribution >= 4 is 0 Å².